The van der Waals surface area contributed by atoms with Crippen molar-refractivity contribution in [3.8, 4) is 0 Å². The molecule has 0 saturated heterocycles. The van der Waals surface area contributed by atoms with Crippen molar-refractivity contribution in [2.45, 2.75) is 51.2 Å². The average molecular weight is 183 g/mol. The molecule has 2 aliphatic rings. The molecular formula is C11H21NO. The lowest BCUT2D eigenvalue weighted by molar-refractivity contribution is 0.180. The highest BCUT2D eigenvalue weighted by molar-refractivity contribution is 4.93. The zero-order valence-electron chi connectivity index (χ0n) is 8.50. The highest BCUT2D eigenvalue weighted by Gasteiger charge is 2.38. The quantitative estimate of drug-likeness (QED) is 0.693. The smallest absolute Gasteiger partial charge is 0.0524 e. The van der Waals surface area contributed by atoms with Gasteiger partial charge in [0.1, 0.15) is 0 Å². The lowest BCUT2D eigenvalue weighted by atomic mass is 9.95. The van der Waals surface area contributed by atoms with Gasteiger partial charge in [0, 0.05) is 6.04 Å². The molecule has 2 N–H and O–H groups in total. The van der Waals surface area contributed by atoms with Crippen LogP contribution in [0.2, 0.25) is 0 Å². The first-order valence-corrected chi connectivity index (χ1v) is 5.67. The van der Waals surface area contributed by atoms with Gasteiger partial charge in [0.25, 0.3) is 0 Å². The van der Waals surface area contributed by atoms with Crippen molar-refractivity contribution in [2.24, 2.45) is 11.8 Å². The van der Waals surface area contributed by atoms with Crippen LogP contribution in [-0.4, -0.2) is 23.8 Å². The molecule has 2 saturated carbocycles. The minimum Gasteiger partial charge on any atom is -0.393 e. The van der Waals surface area contributed by atoms with E-state index in [4.69, 9.17) is 5.11 Å². The SMILES string of the molecule is C[C@@H](O)CCN[C@@H]1C[C@H]2CC[C@H]1C2. The number of nitrogens with one attached hydrogen (secondary N) is 1. The Morgan fingerprint density at radius 1 is 1.38 bits per heavy atom. The van der Waals surface area contributed by atoms with E-state index in [1.165, 1.54) is 25.7 Å². The molecule has 76 valence electrons. The molecule has 13 heavy (non-hydrogen) atoms. The molecule has 2 heteroatoms. The average Bonchev–Trinajstić information content (AvgIpc) is 2.64. The molecule has 0 spiro atoms. The molecule has 2 rings (SSSR count). The molecular weight excluding hydrogens is 162 g/mol. The molecule has 0 unspecified atom stereocenters. The fraction of sp³-hybridized carbons (Fsp3) is 1.00. The Morgan fingerprint density at radius 2 is 2.23 bits per heavy atom. The van der Waals surface area contributed by atoms with Gasteiger partial charge >= 0.3 is 0 Å². The van der Waals surface area contributed by atoms with E-state index in [1.807, 2.05) is 6.92 Å². The van der Waals surface area contributed by atoms with E-state index in [1.54, 1.807) is 0 Å². The van der Waals surface area contributed by atoms with E-state index < -0.39 is 0 Å². The van der Waals surface area contributed by atoms with Crippen LogP contribution in [0.25, 0.3) is 0 Å². The third-order valence-electron chi connectivity index (χ3n) is 3.71. The number of hydrogen-bond acceptors (Lipinski definition) is 2. The summed E-state index contributed by atoms with van der Waals surface area (Å²) in [6.07, 6.45) is 6.52. The molecule has 0 amide bonds. The molecule has 2 fully saturated rings. The van der Waals surface area contributed by atoms with Gasteiger partial charge in [-0.15, -0.1) is 0 Å². The zero-order valence-corrected chi connectivity index (χ0v) is 8.50. The summed E-state index contributed by atoms with van der Waals surface area (Å²) in [4.78, 5) is 0. The first-order valence-electron chi connectivity index (χ1n) is 5.67. The Hall–Kier alpha value is -0.0800. The molecule has 0 aromatic rings. The monoisotopic (exact) mass is 183 g/mol. The van der Waals surface area contributed by atoms with E-state index in [0.717, 1.165) is 30.8 Å². The van der Waals surface area contributed by atoms with Gasteiger partial charge < -0.3 is 10.4 Å². The second-order valence-electron chi connectivity index (χ2n) is 4.87. The first-order chi connectivity index (χ1) is 6.25. The third kappa shape index (κ3) is 2.23. The highest BCUT2D eigenvalue weighted by Crippen LogP contribution is 2.44. The summed E-state index contributed by atoms with van der Waals surface area (Å²) in [7, 11) is 0. The van der Waals surface area contributed by atoms with E-state index in [9.17, 15) is 0 Å². The van der Waals surface area contributed by atoms with E-state index in [2.05, 4.69) is 5.32 Å². The summed E-state index contributed by atoms with van der Waals surface area (Å²) in [5.74, 6) is 1.98. The van der Waals surface area contributed by atoms with Crippen LogP contribution in [0.3, 0.4) is 0 Å². The zero-order chi connectivity index (χ0) is 9.26. The molecule has 2 aliphatic carbocycles. The van der Waals surface area contributed by atoms with Gasteiger partial charge in [0.15, 0.2) is 0 Å². The molecule has 0 heterocycles. The standard InChI is InChI=1S/C11H21NO/c1-8(13)4-5-12-11-7-9-2-3-10(11)6-9/h8-13H,2-7H2,1H3/t8-,9+,10+,11-/m1/s1. The maximum absolute atomic E-state index is 9.12. The molecule has 0 aromatic carbocycles. The maximum Gasteiger partial charge on any atom is 0.0524 e. The second-order valence-corrected chi connectivity index (χ2v) is 4.87. The predicted molar refractivity (Wildman–Crippen MR) is 53.5 cm³/mol. The highest BCUT2D eigenvalue weighted by atomic mass is 16.3. The Morgan fingerprint density at radius 3 is 2.77 bits per heavy atom. The normalized spacial score (nSPS) is 39.7. The lowest BCUT2D eigenvalue weighted by Gasteiger charge is -2.23. The van der Waals surface area contributed by atoms with Gasteiger partial charge in [0.05, 0.1) is 6.10 Å². The predicted octanol–water partition coefficient (Wildman–Crippen LogP) is 1.54. The van der Waals surface area contributed by atoms with Crippen LogP contribution in [0.4, 0.5) is 0 Å². The van der Waals surface area contributed by atoms with Crippen LogP contribution in [-0.2, 0) is 0 Å². The number of fused-ring (bicyclic) bond motifs is 2. The van der Waals surface area contributed by atoms with Gasteiger partial charge in [0.2, 0.25) is 0 Å². The lowest BCUT2D eigenvalue weighted by Crippen LogP contribution is -2.35. The number of rotatable bonds is 4. The van der Waals surface area contributed by atoms with Gasteiger partial charge in [-0.2, -0.15) is 0 Å². The van der Waals surface area contributed by atoms with Crippen molar-refractivity contribution in [1.82, 2.24) is 5.32 Å². The summed E-state index contributed by atoms with van der Waals surface area (Å²) in [6.45, 7) is 2.86. The molecule has 0 aliphatic heterocycles. The Balaban J connectivity index is 1.66. The van der Waals surface area contributed by atoms with Crippen LogP contribution in [0, 0.1) is 11.8 Å². The topological polar surface area (TPSA) is 32.3 Å². The largest absolute Gasteiger partial charge is 0.393 e. The fourth-order valence-electron chi connectivity index (χ4n) is 2.97. The van der Waals surface area contributed by atoms with Crippen molar-refractivity contribution in [2.75, 3.05) is 6.54 Å². The van der Waals surface area contributed by atoms with Crippen molar-refractivity contribution in [1.29, 1.82) is 0 Å². The number of hydrogen-bond donors (Lipinski definition) is 2. The van der Waals surface area contributed by atoms with E-state index >= 15 is 0 Å². The Kier molecular flexibility index (Phi) is 2.89. The van der Waals surface area contributed by atoms with Crippen LogP contribution < -0.4 is 5.32 Å². The van der Waals surface area contributed by atoms with Crippen molar-refractivity contribution < 1.29 is 5.11 Å². The van der Waals surface area contributed by atoms with E-state index in [0.29, 0.717) is 0 Å². The summed E-state index contributed by atoms with van der Waals surface area (Å²) in [5, 5.41) is 12.7. The number of aliphatic hydroxyl groups is 1. The van der Waals surface area contributed by atoms with Crippen LogP contribution in [0.1, 0.15) is 39.0 Å². The van der Waals surface area contributed by atoms with Gasteiger partial charge in [-0.1, -0.05) is 6.42 Å². The molecule has 4 atom stereocenters. The molecule has 0 radical (unpaired) electrons. The summed E-state index contributed by atoms with van der Waals surface area (Å²) in [6, 6.07) is 0.775. The maximum atomic E-state index is 9.12. The Bertz CT molecular complexity index is 169. The fourth-order valence-corrected chi connectivity index (χ4v) is 2.97. The summed E-state index contributed by atoms with van der Waals surface area (Å²) in [5.41, 5.74) is 0. The van der Waals surface area contributed by atoms with Crippen LogP contribution in [0.15, 0.2) is 0 Å². The first kappa shape index (κ1) is 9.47. The second kappa shape index (κ2) is 3.97. The van der Waals surface area contributed by atoms with Crippen molar-refractivity contribution in [3.63, 3.8) is 0 Å². The minimum absolute atomic E-state index is 0.147. The Labute approximate surface area is 80.7 Å². The van der Waals surface area contributed by atoms with Gasteiger partial charge in [-0.05, 0) is 51.0 Å². The van der Waals surface area contributed by atoms with Crippen LogP contribution in [0.5, 0.6) is 0 Å². The molecule has 2 bridgehead atoms. The van der Waals surface area contributed by atoms with Crippen LogP contribution >= 0.6 is 0 Å². The van der Waals surface area contributed by atoms with E-state index in [-0.39, 0.29) is 6.10 Å². The molecule has 2 nitrogen and oxygen atoms in total. The third-order valence-corrected chi connectivity index (χ3v) is 3.71. The minimum atomic E-state index is -0.147. The summed E-state index contributed by atoms with van der Waals surface area (Å²) >= 11 is 0. The number of aliphatic hydroxyl groups excluding tert-OH is 1. The molecule has 0 aromatic heterocycles. The van der Waals surface area contributed by atoms with Crippen molar-refractivity contribution in [3.05, 3.63) is 0 Å². The van der Waals surface area contributed by atoms with Gasteiger partial charge in [-0.25, -0.2) is 0 Å². The van der Waals surface area contributed by atoms with Crippen molar-refractivity contribution >= 4 is 0 Å². The van der Waals surface area contributed by atoms with Gasteiger partial charge in [-0.3, -0.25) is 0 Å². The summed E-state index contributed by atoms with van der Waals surface area (Å²) < 4.78 is 0.